The molecule has 1 spiro atoms. The van der Waals surface area contributed by atoms with Crippen molar-refractivity contribution in [1.82, 2.24) is 4.90 Å². The third-order valence-corrected chi connectivity index (χ3v) is 11.7. The van der Waals surface area contributed by atoms with Gasteiger partial charge in [0.25, 0.3) is 0 Å². The van der Waals surface area contributed by atoms with Crippen molar-refractivity contribution in [3.8, 4) is 0 Å². The average molecular weight is 440 g/mol. The highest BCUT2D eigenvalue weighted by molar-refractivity contribution is 6.74. The molecular weight excluding hydrogens is 398 g/mol. The van der Waals surface area contributed by atoms with Crippen LogP contribution in [0.3, 0.4) is 0 Å². The Morgan fingerprint density at radius 1 is 1.20 bits per heavy atom. The number of nitrogens with zero attached hydrogens (tertiary/aromatic N) is 1. The molecule has 3 rings (SSSR count). The lowest BCUT2D eigenvalue weighted by molar-refractivity contribution is -0.228. The van der Waals surface area contributed by atoms with Gasteiger partial charge in [0.2, 0.25) is 0 Å². The molecule has 3 fully saturated rings. The first kappa shape index (κ1) is 23.8. The molecule has 1 aliphatic carbocycles. The largest absolute Gasteiger partial charge is 0.444 e. The third kappa shape index (κ3) is 4.23. The smallest absolute Gasteiger partial charge is 0.410 e. The summed E-state index contributed by atoms with van der Waals surface area (Å²) in [6.45, 7) is 22.1. The zero-order valence-electron chi connectivity index (χ0n) is 20.1. The molecule has 2 bridgehead atoms. The Labute approximate surface area is 183 Å². The second kappa shape index (κ2) is 7.91. The minimum atomic E-state index is -2.08. The fourth-order valence-electron chi connectivity index (χ4n) is 4.89. The first-order chi connectivity index (χ1) is 13.7. The van der Waals surface area contributed by atoms with Gasteiger partial charge in [-0.3, -0.25) is 4.90 Å². The fourth-order valence-corrected chi connectivity index (χ4v) is 6.23. The molecule has 7 heteroatoms. The number of hydrogen-bond donors (Lipinski definition) is 0. The van der Waals surface area contributed by atoms with Crippen LogP contribution in [0.2, 0.25) is 18.1 Å². The maximum absolute atomic E-state index is 13.3. The summed E-state index contributed by atoms with van der Waals surface area (Å²) in [7, 11) is -2.08. The number of likely N-dealkylation sites (tertiary alicyclic amines) is 1. The van der Waals surface area contributed by atoms with E-state index in [0.717, 1.165) is 12.8 Å². The van der Waals surface area contributed by atoms with Crippen LogP contribution in [0.15, 0.2) is 12.7 Å². The third-order valence-electron chi connectivity index (χ3n) is 7.18. The van der Waals surface area contributed by atoms with Gasteiger partial charge in [-0.2, -0.15) is 0 Å². The zero-order chi connectivity index (χ0) is 22.5. The van der Waals surface area contributed by atoms with Crippen molar-refractivity contribution in [3.05, 3.63) is 12.7 Å². The molecule has 0 aromatic rings. The maximum Gasteiger partial charge on any atom is 0.410 e. The second-order valence-electron chi connectivity index (χ2n) is 11.5. The molecular formula is C23H41NO5Si. The Bertz CT molecular complexity index is 659. The molecule has 1 amide bonds. The number of fused-ring (bicyclic) bond motifs is 3. The van der Waals surface area contributed by atoms with E-state index in [1.165, 1.54) is 0 Å². The summed E-state index contributed by atoms with van der Waals surface area (Å²) >= 11 is 0. The molecule has 2 aliphatic heterocycles. The highest BCUT2D eigenvalue weighted by Gasteiger charge is 2.66. The fraction of sp³-hybridized carbons (Fsp3) is 0.870. The average Bonchev–Trinajstić information content (AvgIpc) is 3.09. The molecule has 3 aliphatic rings. The van der Waals surface area contributed by atoms with Gasteiger partial charge in [0, 0.05) is 12.5 Å². The molecule has 4 atom stereocenters. The quantitative estimate of drug-likeness (QED) is 0.451. The van der Waals surface area contributed by atoms with Gasteiger partial charge in [0.1, 0.15) is 5.60 Å². The lowest BCUT2D eigenvalue weighted by Crippen LogP contribution is -2.57. The Morgan fingerprint density at radius 2 is 1.80 bits per heavy atom. The standard InChI is InChI=1S/C23H41NO5Si/c1-10-11-16-18-19(29-30(8,9)22(5,6)7)17(12-13-23(18)26-14-15-27-23)24(16)20(25)28-21(2,3)4/h10,16-19H,1,11-15H2,2-9H3. The number of hydrogen-bond acceptors (Lipinski definition) is 5. The van der Waals surface area contributed by atoms with Crippen LogP contribution in [-0.2, 0) is 18.6 Å². The molecule has 2 heterocycles. The van der Waals surface area contributed by atoms with E-state index < -0.39 is 19.7 Å². The summed E-state index contributed by atoms with van der Waals surface area (Å²) in [5, 5.41) is 0.0686. The van der Waals surface area contributed by atoms with Crippen molar-refractivity contribution in [2.24, 2.45) is 5.92 Å². The molecule has 0 aromatic heterocycles. The van der Waals surface area contributed by atoms with E-state index in [2.05, 4.69) is 40.4 Å². The van der Waals surface area contributed by atoms with Gasteiger partial charge in [-0.15, -0.1) is 6.58 Å². The summed E-state index contributed by atoms with van der Waals surface area (Å²) in [4.78, 5) is 15.3. The van der Waals surface area contributed by atoms with E-state index in [1.807, 2.05) is 31.7 Å². The number of carbonyl (C=O) groups excluding carboxylic acids is 1. The maximum atomic E-state index is 13.3. The van der Waals surface area contributed by atoms with Crippen LogP contribution in [-0.4, -0.2) is 62.1 Å². The first-order valence-electron chi connectivity index (χ1n) is 11.3. The van der Waals surface area contributed by atoms with Crippen LogP contribution in [0, 0.1) is 5.92 Å². The summed E-state index contributed by atoms with van der Waals surface area (Å²) in [5.41, 5.74) is -0.555. The molecule has 6 nitrogen and oxygen atoms in total. The Hall–Kier alpha value is -0.893. The monoisotopic (exact) mass is 439 g/mol. The van der Waals surface area contributed by atoms with Gasteiger partial charge in [0.05, 0.1) is 31.3 Å². The molecule has 2 saturated heterocycles. The topological polar surface area (TPSA) is 57.2 Å². The molecule has 0 aromatic carbocycles. The van der Waals surface area contributed by atoms with Gasteiger partial charge in [0.15, 0.2) is 14.1 Å². The summed E-state index contributed by atoms with van der Waals surface area (Å²) in [6.07, 6.45) is 3.69. The molecule has 0 N–H and O–H groups in total. The number of carbonyl (C=O) groups is 1. The van der Waals surface area contributed by atoms with E-state index in [9.17, 15) is 4.79 Å². The van der Waals surface area contributed by atoms with Gasteiger partial charge < -0.3 is 18.6 Å². The lowest BCUT2D eigenvalue weighted by Gasteiger charge is -2.47. The molecule has 30 heavy (non-hydrogen) atoms. The van der Waals surface area contributed by atoms with Crippen LogP contribution in [0.4, 0.5) is 4.79 Å². The van der Waals surface area contributed by atoms with Crippen LogP contribution in [0.25, 0.3) is 0 Å². The van der Waals surface area contributed by atoms with E-state index in [1.54, 1.807) is 0 Å². The first-order valence-corrected chi connectivity index (χ1v) is 14.2. The number of amides is 1. The summed E-state index contributed by atoms with van der Waals surface area (Å²) in [5.74, 6) is -0.744. The normalized spacial score (nSPS) is 31.3. The zero-order valence-corrected chi connectivity index (χ0v) is 21.1. The minimum Gasteiger partial charge on any atom is -0.444 e. The highest BCUT2D eigenvalue weighted by atomic mass is 28.4. The highest BCUT2D eigenvalue weighted by Crippen LogP contribution is 2.54. The van der Waals surface area contributed by atoms with E-state index in [-0.39, 0.29) is 35.2 Å². The number of rotatable bonds is 4. The summed E-state index contributed by atoms with van der Waals surface area (Å²) in [6, 6.07) is -0.153. The van der Waals surface area contributed by atoms with Crippen molar-refractivity contribution in [2.75, 3.05) is 13.2 Å². The van der Waals surface area contributed by atoms with Crippen molar-refractivity contribution in [3.63, 3.8) is 0 Å². The molecule has 4 unspecified atom stereocenters. The van der Waals surface area contributed by atoms with E-state index >= 15 is 0 Å². The minimum absolute atomic E-state index is 0.0395. The SMILES string of the molecule is C=CCC1C2C(O[Si](C)(C)C(C)(C)C)C(CCC23OCCO3)N1C(=O)OC(C)(C)C. The van der Waals surface area contributed by atoms with Gasteiger partial charge >= 0.3 is 6.09 Å². The van der Waals surface area contributed by atoms with Crippen LogP contribution in [0.5, 0.6) is 0 Å². The molecule has 0 radical (unpaired) electrons. The van der Waals surface area contributed by atoms with Gasteiger partial charge in [-0.1, -0.05) is 26.8 Å². The van der Waals surface area contributed by atoms with Gasteiger partial charge in [-0.05, 0) is 51.7 Å². The molecule has 1 saturated carbocycles. The molecule has 172 valence electrons. The van der Waals surface area contributed by atoms with Crippen molar-refractivity contribution in [2.45, 2.75) is 109 Å². The predicted molar refractivity (Wildman–Crippen MR) is 120 cm³/mol. The predicted octanol–water partition coefficient (Wildman–Crippen LogP) is 5.09. The van der Waals surface area contributed by atoms with Crippen LogP contribution < -0.4 is 0 Å². The van der Waals surface area contributed by atoms with Crippen molar-refractivity contribution >= 4 is 14.4 Å². The summed E-state index contributed by atoms with van der Waals surface area (Å²) < 4.78 is 25.3. The lowest BCUT2D eigenvalue weighted by atomic mass is 9.78. The Balaban J connectivity index is 2.02. The Morgan fingerprint density at radius 3 is 2.30 bits per heavy atom. The van der Waals surface area contributed by atoms with Crippen LogP contribution >= 0.6 is 0 Å². The second-order valence-corrected chi connectivity index (χ2v) is 16.2. The number of ether oxygens (including phenoxy) is 3. The van der Waals surface area contributed by atoms with E-state index in [0.29, 0.717) is 19.6 Å². The van der Waals surface area contributed by atoms with Gasteiger partial charge in [-0.25, -0.2) is 4.79 Å². The van der Waals surface area contributed by atoms with E-state index in [4.69, 9.17) is 18.6 Å². The van der Waals surface area contributed by atoms with Crippen molar-refractivity contribution < 1.29 is 23.4 Å². The Kier molecular flexibility index (Phi) is 6.26. The van der Waals surface area contributed by atoms with Crippen LogP contribution in [0.1, 0.15) is 60.8 Å². The van der Waals surface area contributed by atoms with Crippen molar-refractivity contribution in [1.29, 1.82) is 0 Å².